The van der Waals surface area contributed by atoms with Gasteiger partial charge >= 0.3 is 5.69 Å². The van der Waals surface area contributed by atoms with Crippen molar-refractivity contribution in [2.24, 2.45) is 0 Å². The second kappa shape index (κ2) is 9.93. The molecule has 0 aliphatic heterocycles. The van der Waals surface area contributed by atoms with Crippen molar-refractivity contribution in [2.75, 3.05) is 5.32 Å². The van der Waals surface area contributed by atoms with E-state index in [1.165, 1.54) is 4.57 Å². The number of anilines is 1. The molecule has 0 saturated carbocycles. The van der Waals surface area contributed by atoms with Gasteiger partial charge in [0, 0.05) is 23.8 Å². The lowest BCUT2D eigenvalue weighted by molar-refractivity contribution is -0.116. The lowest BCUT2D eigenvalue weighted by Gasteiger charge is -2.12. The highest BCUT2D eigenvalue weighted by Crippen LogP contribution is 2.15. The van der Waals surface area contributed by atoms with Crippen LogP contribution in [0.15, 0.2) is 33.9 Å². The molecule has 9 nitrogen and oxygen atoms in total. The molecule has 2 heterocycles. The Balaban J connectivity index is 2.10. The molecule has 1 amide bonds. The number of aliphatic hydroxyl groups is 1. The molecular weight excluding hydrogens is 422 g/mol. The van der Waals surface area contributed by atoms with Gasteiger partial charge in [-0.25, -0.2) is 14.3 Å². The van der Waals surface area contributed by atoms with Crippen molar-refractivity contribution in [1.29, 1.82) is 0 Å². The fraction of sp³-hybridized carbons (Fsp3) is 0.429. The molecule has 3 rings (SSSR count). The highest BCUT2D eigenvalue weighted by Gasteiger charge is 2.22. The third-order valence-electron chi connectivity index (χ3n) is 4.95. The van der Waals surface area contributed by atoms with Gasteiger partial charge in [-0.3, -0.25) is 14.2 Å². The van der Waals surface area contributed by atoms with Crippen molar-refractivity contribution in [3.05, 3.63) is 56.0 Å². The van der Waals surface area contributed by atoms with E-state index in [4.69, 9.17) is 11.6 Å². The largest absolute Gasteiger partial charge is 0.388 e. The first-order chi connectivity index (χ1) is 14.9. The fourth-order valence-electron chi connectivity index (χ4n) is 3.46. The standard InChI is InChI=1S/C21H26ClN5O4/c1-3-5-11-26-19-18(25(10-4-2)16(13-28)24-19)20(30)27(21(26)31)12-17(29)23-15-8-6-14(22)7-9-15/h6-9,28H,3-5,10-13H2,1-2H3,(H,23,29). The predicted octanol–water partition coefficient (Wildman–Crippen LogP) is 2.35. The highest BCUT2D eigenvalue weighted by atomic mass is 35.5. The number of nitrogens with one attached hydrogen (secondary N) is 1. The first-order valence-electron chi connectivity index (χ1n) is 10.3. The van der Waals surface area contributed by atoms with E-state index >= 15 is 0 Å². The van der Waals surface area contributed by atoms with Crippen molar-refractivity contribution in [2.45, 2.75) is 59.4 Å². The fourth-order valence-corrected chi connectivity index (χ4v) is 3.58. The van der Waals surface area contributed by atoms with Crippen LogP contribution in [0.25, 0.3) is 11.2 Å². The zero-order chi connectivity index (χ0) is 22.5. The Morgan fingerprint density at radius 1 is 1.06 bits per heavy atom. The number of nitrogens with zero attached hydrogens (tertiary/aromatic N) is 4. The highest BCUT2D eigenvalue weighted by molar-refractivity contribution is 6.30. The quantitative estimate of drug-likeness (QED) is 0.523. The van der Waals surface area contributed by atoms with Crippen LogP contribution in [-0.4, -0.2) is 29.7 Å². The molecule has 10 heteroatoms. The van der Waals surface area contributed by atoms with Gasteiger partial charge < -0.3 is 15.0 Å². The summed E-state index contributed by atoms with van der Waals surface area (Å²) in [5.74, 6) is -0.186. The summed E-state index contributed by atoms with van der Waals surface area (Å²) in [5, 5.41) is 12.9. The van der Waals surface area contributed by atoms with E-state index in [1.54, 1.807) is 28.8 Å². The number of imidazole rings is 1. The number of aliphatic hydroxyl groups excluding tert-OH is 1. The number of hydrogen-bond acceptors (Lipinski definition) is 5. The molecule has 31 heavy (non-hydrogen) atoms. The van der Waals surface area contributed by atoms with Gasteiger partial charge in [-0.1, -0.05) is 31.9 Å². The SMILES string of the molecule is CCCCn1c(=O)n(CC(=O)Nc2ccc(Cl)cc2)c(=O)c2c1nc(CO)n2CCC. The molecule has 0 fully saturated rings. The number of carbonyl (C=O) groups is 1. The number of carbonyl (C=O) groups excluding carboxylic acids is 1. The zero-order valence-corrected chi connectivity index (χ0v) is 18.4. The maximum absolute atomic E-state index is 13.2. The van der Waals surface area contributed by atoms with Gasteiger partial charge in [0.05, 0.1) is 0 Å². The van der Waals surface area contributed by atoms with Gasteiger partial charge in [0.2, 0.25) is 5.91 Å². The maximum Gasteiger partial charge on any atom is 0.333 e. The predicted molar refractivity (Wildman–Crippen MR) is 119 cm³/mol. The number of aromatic nitrogens is 4. The number of fused-ring (bicyclic) bond motifs is 1. The van der Waals surface area contributed by atoms with Crippen LogP contribution >= 0.6 is 11.6 Å². The van der Waals surface area contributed by atoms with E-state index < -0.39 is 23.7 Å². The molecule has 1 aromatic carbocycles. The zero-order valence-electron chi connectivity index (χ0n) is 17.6. The summed E-state index contributed by atoms with van der Waals surface area (Å²) >= 11 is 5.86. The third-order valence-corrected chi connectivity index (χ3v) is 5.20. The summed E-state index contributed by atoms with van der Waals surface area (Å²) in [6.45, 7) is 3.97. The summed E-state index contributed by atoms with van der Waals surface area (Å²) in [6.07, 6.45) is 2.26. The molecular formula is C21H26ClN5O4. The minimum Gasteiger partial charge on any atom is -0.388 e. The van der Waals surface area contributed by atoms with Crippen LogP contribution in [0, 0.1) is 0 Å². The average molecular weight is 448 g/mol. The molecule has 0 aliphatic rings. The Morgan fingerprint density at radius 3 is 2.39 bits per heavy atom. The van der Waals surface area contributed by atoms with Crippen molar-refractivity contribution < 1.29 is 9.90 Å². The summed E-state index contributed by atoms with van der Waals surface area (Å²) < 4.78 is 3.98. The first kappa shape index (κ1) is 22.8. The van der Waals surface area contributed by atoms with Gasteiger partial charge in [0.25, 0.3) is 5.56 Å². The average Bonchev–Trinajstić information content (AvgIpc) is 3.11. The van der Waals surface area contributed by atoms with Crippen molar-refractivity contribution in [3.63, 3.8) is 0 Å². The minimum atomic E-state index is -0.598. The van der Waals surface area contributed by atoms with Crippen LogP contribution < -0.4 is 16.6 Å². The monoisotopic (exact) mass is 447 g/mol. The summed E-state index contributed by atoms with van der Waals surface area (Å²) in [7, 11) is 0. The Labute approximate surface area is 183 Å². The maximum atomic E-state index is 13.2. The van der Waals surface area contributed by atoms with Gasteiger partial charge in [0.15, 0.2) is 11.2 Å². The minimum absolute atomic E-state index is 0.223. The van der Waals surface area contributed by atoms with Gasteiger partial charge in [-0.2, -0.15) is 0 Å². The van der Waals surface area contributed by atoms with Crippen molar-refractivity contribution >= 4 is 34.4 Å². The van der Waals surface area contributed by atoms with E-state index in [1.807, 2.05) is 13.8 Å². The number of amides is 1. The molecule has 0 radical (unpaired) electrons. The van der Waals surface area contributed by atoms with Gasteiger partial charge in [-0.05, 0) is 37.1 Å². The van der Waals surface area contributed by atoms with Crippen LogP contribution in [0.5, 0.6) is 0 Å². The van der Waals surface area contributed by atoms with Crippen LogP contribution in [0.1, 0.15) is 38.9 Å². The number of rotatable bonds is 9. The smallest absolute Gasteiger partial charge is 0.333 e. The van der Waals surface area contributed by atoms with Crippen LogP contribution in [0.4, 0.5) is 5.69 Å². The van der Waals surface area contributed by atoms with E-state index in [0.29, 0.717) is 42.5 Å². The van der Waals surface area contributed by atoms with Crippen LogP contribution in [-0.2, 0) is 31.0 Å². The molecule has 0 bridgehead atoms. The molecule has 0 spiro atoms. The topological polar surface area (TPSA) is 111 Å². The number of benzene rings is 1. The summed E-state index contributed by atoms with van der Waals surface area (Å²) in [4.78, 5) is 43.3. The number of halogens is 1. The van der Waals surface area contributed by atoms with Gasteiger partial charge in [-0.15, -0.1) is 0 Å². The Hall–Kier alpha value is -2.91. The lowest BCUT2D eigenvalue weighted by Crippen LogP contribution is -2.43. The molecule has 0 atom stereocenters. The second-order valence-electron chi connectivity index (χ2n) is 7.24. The molecule has 3 aromatic rings. The lowest BCUT2D eigenvalue weighted by atomic mass is 10.3. The summed E-state index contributed by atoms with van der Waals surface area (Å²) in [6, 6.07) is 6.53. The molecule has 0 unspecified atom stereocenters. The van der Waals surface area contributed by atoms with E-state index in [9.17, 15) is 19.5 Å². The molecule has 2 aromatic heterocycles. The normalized spacial score (nSPS) is 11.2. The number of hydrogen-bond donors (Lipinski definition) is 2. The molecule has 0 aliphatic carbocycles. The Kier molecular flexibility index (Phi) is 7.29. The van der Waals surface area contributed by atoms with Crippen LogP contribution in [0.2, 0.25) is 5.02 Å². The third kappa shape index (κ3) is 4.72. The van der Waals surface area contributed by atoms with Crippen molar-refractivity contribution in [3.8, 4) is 0 Å². The Morgan fingerprint density at radius 2 is 1.77 bits per heavy atom. The second-order valence-corrected chi connectivity index (χ2v) is 7.68. The van der Waals surface area contributed by atoms with E-state index in [2.05, 4.69) is 10.3 Å². The number of aryl methyl sites for hydroxylation is 2. The summed E-state index contributed by atoms with van der Waals surface area (Å²) in [5.41, 5.74) is -0.216. The van der Waals surface area contributed by atoms with Crippen LogP contribution in [0.3, 0.4) is 0 Å². The number of unbranched alkanes of at least 4 members (excludes halogenated alkanes) is 1. The molecule has 2 N–H and O–H groups in total. The van der Waals surface area contributed by atoms with E-state index in [-0.39, 0.29) is 17.8 Å². The molecule has 166 valence electrons. The van der Waals surface area contributed by atoms with Gasteiger partial charge in [0.1, 0.15) is 19.0 Å². The first-order valence-corrected chi connectivity index (χ1v) is 10.7. The van der Waals surface area contributed by atoms with Crippen molar-refractivity contribution in [1.82, 2.24) is 18.7 Å². The van der Waals surface area contributed by atoms with E-state index in [0.717, 1.165) is 11.0 Å². The molecule has 0 saturated heterocycles. The Bertz CT molecular complexity index is 1190.